The maximum absolute atomic E-state index is 10.5. The van der Waals surface area contributed by atoms with E-state index in [1.54, 1.807) is 0 Å². The molecule has 1 aromatic heterocycles. The van der Waals surface area contributed by atoms with E-state index in [2.05, 4.69) is 5.32 Å². The van der Waals surface area contributed by atoms with E-state index >= 15 is 0 Å². The fourth-order valence-electron chi connectivity index (χ4n) is 2.65. The van der Waals surface area contributed by atoms with E-state index in [1.807, 2.05) is 44.2 Å². The SMILES string of the molecule is CC(NCC1(O)CCOC1C)c1cc2ccccc2o1. The van der Waals surface area contributed by atoms with Gasteiger partial charge in [-0.2, -0.15) is 0 Å². The second-order valence-electron chi connectivity index (χ2n) is 5.66. The number of hydrogen-bond acceptors (Lipinski definition) is 4. The summed E-state index contributed by atoms with van der Waals surface area (Å²) in [7, 11) is 0. The van der Waals surface area contributed by atoms with Gasteiger partial charge in [-0.25, -0.2) is 0 Å². The molecule has 0 amide bonds. The van der Waals surface area contributed by atoms with Crippen LogP contribution in [-0.4, -0.2) is 30.0 Å². The molecule has 3 unspecified atom stereocenters. The molecular weight excluding hydrogens is 254 g/mol. The van der Waals surface area contributed by atoms with E-state index in [0.717, 1.165) is 16.7 Å². The average molecular weight is 275 g/mol. The van der Waals surface area contributed by atoms with Crippen molar-refractivity contribution in [2.24, 2.45) is 0 Å². The Balaban J connectivity index is 1.68. The number of furan rings is 1. The molecule has 1 aromatic carbocycles. The van der Waals surface area contributed by atoms with Crippen LogP contribution in [0.5, 0.6) is 0 Å². The van der Waals surface area contributed by atoms with Crippen LogP contribution < -0.4 is 5.32 Å². The lowest BCUT2D eigenvalue weighted by molar-refractivity contribution is -0.0277. The monoisotopic (exact) mass is 275 g/mol. The highest BCUT2D eigenvalue weighted by molar-refractivity contribution is 5.77. The normalized spacial score (nSPS) is 28.1. The second kappa shape index (κ2) is 5.20. The molecule has 0 saturated carbocycles. The zero-order valence-electron chi connectivity index (χ0n) is 11.9. The lowest BCUT2D eigenvalue weighted by Gasteiger charge is -2.27. The molecule has 0 aliphatic carbocycles. The van der Waals surface area contributed by atoms with E-state index in [0.29, 0.717) is 19.6 Å². The maximum Gasteiger partial charge on any atom is 0.134 e. The lowest BCUT2D eigenvalue weighted by Crippen LogP contribution is -2.46. The van der Waals surface area contributed by atoms with Crippen LogP contribution >= 0.6 is 0 Å². The first-order chi connectivity index (χ1) is 9.58. The molecule has 2 N–H and O–H groups in total. The minimum absolute atomic E-state index is 0.0548. The standard InChI is InChI=1S/C16H21NO3/c1-11(17-10-16(18)7-8-19-12(16)2)15-9-13-5-3-4-6-14(13)20-15/h3-6,9,11-12,17-18H,7-8,10H2,1-2H3. The average Bonchev–Trinajstić information content (AvgIpc) is 3.01. The van der Waals surface area contributed by atoms with Crippen molar-refractivity contribution >= 4 is 11.0 Å². The topological polar surface area (TPSA) is 54.6 Å². The van der Waals surface area contributed by atoms with Gasteiger partial charge in [-0.3, -0.25) is 0 Å². The van der Waals surface area contributed by atoms with Gasteiger partial charge in [0, 0.05) is 25.0 Å². The highest BCUT2D eigenvalue weighted by atomic mass is 16.5. The van der Waals surface area contributed by atoms with Crippen LogP contribution in [0.1, 0.15) is 32.1 Å². The van der Waals surface area contributed by atoms with Crippen molar-refractivity contribution in [2.45, 2.75) is 38.0 Å². The molecule has 4 heteroatoms. The minimum Gasteiger partial charge on any atom is -0.459 e. The molecule has 0 spiro atoms. The predicted molar refractivity (Wildman–Crippen MR) is 77.6 cm³/mol. The molecule has 0 bridgehead atoms. The molecule has 2 aromatic rings. The fraction of sp³-hybridized carbons (Fsp3) is 0.500. The third kappa shape index (κ3) is 2.46. The van der Waals surface area contributed by atoms with Gasteiger partial charge in [0.15, 0.2) is 0 Å². The largest absolute Gasteiger partial charge is 0.459 e. The van der Waals surface area contributed by atoms with E-state index in [4.69, 9.17) is 9.15 Å². The first-order valence-electron chi connectivity index (χ1n) is 7.14. The van der Waals surface area contributed by atoms with Crippen molar-refractivity contribution in [3.8, 4) is 0 Å². The number of hydrogen-bond donors (Lipinski definition) is 2. The van der Waals surface area contributed by atoms with Crippen molar-refractivity contribution in [2.75, 3.05) is 13.2 Å². The molecule has 1 fully saturated rings. The molecule has 3 atom stereocenters. The van der Waals surface area contributed by atoms with E-state index in [9.17, 15) is 5.11 Å². The Hall–Kier alpha value is -1.36. The molecule has 1 aliphatic heterocycles. The summed E-state index contributed by atoms with van der Waals surface area (Å²) >= 11 is 0. The number of nitrogens with one attached hydrogen (secondary N) is 1. The Kier molecular flexibility index (Phi) is 3.54. The highest BCUT2D eigenvalue weighted by Gasteiger charge is 2.39. The number of benzene rings is 1. The summed E-state index contributed by atoms with van der Waals surface area (Å²) in [6.45, 7) is 5.09. The Labute approximate surface area is 118 Å². The third-order valence-electron chi connectivity index (χ3n) is 4.25. The first kappa shape index (κ1) is 13.6. The molecule has 108 valence electrons. The van der Waals surface area contributed by atoms with Gasteiger partial charge in [0.2, 0.25) is 0 Å². The Morgan fingerprint density at radius 3 is 2.95 bits per heavy atom. The Morgan fingerprint density at radius 2 is 2.25 bits per heavy atom. The number of ether oxygens (including phenoxy) is 1. The predicted octanol–water partition coefficient (Wildman–Crippen LogP) is 2.62. The van der Waals surface area contributed by atoms with Gasteiger partial charge in [-0.1, -0.05) is 18.2 Å². The van der Waals surface area contributed by atoms with E-state index in [1.165, 1.54) is 0 Å². The van der Waals surface area contributed by atoms with Gasteiger partial charge >= 0.3 is 0 Å². The quantitative estimate of drug-likeness (QED) is 0.900. The van der Waals surface area contributed by atoms with Gasteiger partial charge in [-0.05, 0) is 26.0 Å². The maximum atomic E-state index is 10.5. The van der Waals surface area contributed by atoms with Crippen molar-refractivity contribution in [1.29, 1.82) is 0 Å². The third-order valence-corrected chi connectivity index (χ3v) is 4.25. The second-order valence-corrected chi connectivity index (χ2v) is 5.66. The number of para-hydroxylation sites is 1. The molecular formula is C16H21NO3. The van der Waals surface area contributed by atoms with Crippen LogP contribution in [0.3, 0.4) is 0 Å². The lowest BCUT2D eigenvalue weighted by atomic mass is 9.96. The summed E-state index contributed by atoms with van der Waals surface area (Å²) in [5.41, 5.74) is 0.118. The van der Waals surface area contributed by atoms with Crippen LogP contribution in [0.4, 0.5) is 0 Å². The van der Waals surface area contributed by atoms with E-state index < -0.39 is 5.60 Å². The van der Waals surface area contributed by atoms with Gasteiger partial charge < -0.3 is 19.6 Å². The van der Waals surface area contributed by atoms with Crippen molar-refractivity contribution in [3.63, 3.8) is 0 Å². The van der Waals surface area contributed by atoms with E-state index in [-0.39, 0.29) is 12.1 Å². The smallest absolute Gasteiger partial charge is 0.134 e. The van der Waals surface area contributed by atoms with Crippen molar-refractivity contribution < 1.29 is 14.3 Å². The van der Waals surface area contributed by atoms with Crippen molar-refractivity contribution in [3.05, 3.63) is 36.1 Å². The summed E-state index contributed by atoms with van der Waals surface area (Å²) in [4.78, 5) is 0. The van der Waals surface area contributed by atoms with Crippen LogP contribution in [0.2, 0.25) is 0 Å². The van der Waals surface area contributed by atoms with Gasteiger partial charge in [-0.15, -0.1) is 0 Å². The molecule has 0 radical (unpaired) electrons. The molecule has 2 heterocycles. The van der Waals surface area contributed by atoms with Crippen LogP contribution in [-0.2, 0) is 4.74 Å². The van der Waals surface area contributed by atoms with Gasteiger partial charge in [0.25, 0.3) is 0 Å². The molecule has 1 aliphatic rings. The van der Waals surface area contributed by atoms with Crippen LogP contribution in [0.15, 0.2) is 34.7 Å². The zero-order valence-corrected chi connectivity index (χ0v) is 11.9. The van der Waals surface area contributed by atoms with Gasteiger partial charge in [0.05, 0.1) is 12.1 Å². The summed E-state index contributed by atoms with van der Waals surface area (Å²) < 4.78 is 11.3. The first-order valence-corrected chi connectivity index (χ1v) is 7.14. The Morgan fingerprint density at radius 1 is 1.45 bits per heavy atom. The molecule has 1 saturated heterocycles. The molecule has 20 heavy (non-hydrogen) atoms. The van der Waals surface area contributed by atoms with Crippen LogP contribution in [0, 0.1) is 0 Å². The summed E-state index contributed by atoms with van der Waals surface area (Å²) in [6.07, 6.45) is 0.548. The summed E-state index contributed by atoms with van der Waals surface area (Å²) in [5, 5.41) is 14.9. The van der Waals surface area contributed by atoms with Gasteiger partial charge in [0.1, 0.15) is 16.9 Å². The summed E-state index contributed by atoms with van der Waals surface area (Å²) in [6, 6.07) is 10.1. The number of rotatable bonds is 4. The van der Waals surface area contributed by atoms with Crippen molar-refractivity contribution in [1.82, 2.24) is 5.32 Å². The summed E-state index contributed by atoms with van der Waals surface area (Å²) in [5.74, 6) is 0.890. The number of fused-ring (bicyclic) bond motifs is 1. The zero-order chi connectivity index (χ0) is 14.2. The fourth-order valence-corrected chi connectivity index (χ4v) is 2.65. The Bertz CT molecular complexity index is 561. The molecule has 4 nitrogen and oxygen atoms in total. The highest BCUT2D eigenvalue weighted by Crippen LogP contribution is 2.27. The van der Waals surface area contributed by atoms with Crippen LogP contribution in [0.25, 0.3) is 11.0 Å². The minimum atomic E-state index is -0.778. The molecule has 3 rings (SSSR count). The number of aliphatic hydroxyl groups is 1.